The molecule has 0 amide bonds. The van der Waals surface area contributed by atoms with Gasteiger partial charge < -0.3 is 44.8 Å². The Kier molecular flexibility index (Phi) is 6.00. The summed E-state index contributed by atoms with van der Waals surface area (Å²) in [5.74, 6) is -3.22. The Morgan fingerprint density at radius 2 is 1.77 bits per heavy atom. The third kappa shape index (κ3) is 3.71. The molecule has 11 nitrogen and oxygen atoms in total. The molecule has 11 heteroatoms. The van der Waals surface area contributed by atoms with Crippen LogP contribution in [0.1, 0.15) is 15.9 Å². The molecule has 1 fully saturated rings. The molecule has 0 saturated carbocycles. The number of carboxylic acids is 2. The Labute approximate surface area is 146 Å². The summed E-state index contributed by atoms with van der Waals surface area (Å²) >= 11 is 0. The molecule has 1 aromatic rings. The number of aliphatic hydroxyl groups is 4. The maximum atomic E-state index is 11.1. The monoisotopic (exact) mass is 374 g/mol. The van der Waals surface area contributed by atoms with Gasteiger partial charge in [0.25, 0.3) is 0 Å². The second-order valence-electron chi connectivity index (χ2n) is 5.48. The highest BCUT2D eigenvalue weighted by molar-refractivity contribution is 5.89. The molecule has 0 spiro atoms. The highest BCUT2D eigenvalue weighted by atomic mass is 16.7. The standard InChI is InChI=1S/C15H18O11/c1-24-7-3-5(13(20)21)2-6(4-16)11(7)25-15-10(19)8(17)9(18)12(26-15)14(22)23/h2-3,8-10,12,15-19H,4H2,1H3,(H,20,21)(H,22,23)/t8-,9-,10+,12-,15+/m0/s1. The quantitative estimate of drug-likeness (QED) is 0.329. The van der Waals surface area contributed by atoms with Crippen LogP contribution >= 0.6 is 0 Å². The molecule has 1 aliphatic rings. The van der Waals surface area contributed by atoms with Gasteiger partial charge in [0.05, 0.1) is 19.3 Å². The number of aliphatic carboxylic acids is 1. The summed E-state index contributed by atoms with van der Waals surface area (Å²) in [6.45, 7) is -0.664. The Morgan fingerprint density at radius 1 is 1.12 bits per heavy atom. The number of hydrogen-bond donors (Lipinski definition) is 6. The molecule has 1 aromatic carbocycles. The van der Waals surface area contributed by atoms with Gasteiger partial charge in [0.2, 0.25) is 6.29 Å². The van der Waals surface area contributed by atoms with Crippen molar-refractivity contribution in [3.8, 4) is 11.5 Å². The maximum absolute atomic E-state index is 11.1. The fourth-order valence-corrected chi connectivity index (χ4v) is 2.45. The van der Waals surface area contributed by atoms with Gasteiger partial charge in [-0.1, -0.05) is 0 Å². The van der Waals surface area contributed by atoms with Crippen LogP contribution in [-0.4, -0.2) is 80.4 Å². The second kappa shape index (κ2) is 7.85. The van der Waals surface area contributed by atoms with Gasteiger partial charge in [-0.15, -0.1) is 0 Å². The zero-order valence-electron chi connectivity index (χ0n) is 13.5. The molecule has 144 valence electrons. The van der Waals surface area contributed by atoms with E-state index >= 15 is 0 Å². The predicted molar refractivity (Wildman–Crippen MR) is 80.8 cm³/mol. The predicted octanol–water partition coefficient (Wildman–Crippen LogP) is -1.84. The average molecular weight is 374 g/mol. The molecule has 2 rings (SSSR count). The highest BCUT2D eigenvalue weighted by Gasteiger charge is 2.48. The third-order valence-electron chi connectivity index (χ3n) is 3.82. The van der Waals surface area contributed by atoms with E-state index in [4.69, 9.17) is 24.4 Å². The van der Waals surface area contributed by atoms with E-state index in [1.165, 1.54) is 7.11 Å². The van der Waals surface area contributed by atoms with Crippen molar-refractivity contribution in [3.63, 3.8) is 0 Å². The summed E-state index contributed by atoms with van der Waals surface area (Å²) in [5, 5.41) is 57.0. The first-order valence-corrected chi connectivity index (χ1v) is 7.35. The van der Waals surface area contributed by atoms with Crippen LogP contribution in [0.5, 0.6) is 11.5 Å². The molecule has 0 radical (unpaired) electrons. The summed E-state index contributed by atoms with van der Waals surface area (Å²) in [5.41, 5.74) is -0.243. The minimum atomic E-state index is -1.89. The van der Waals surface area contributed by atoms with E-state index < -0.39 is 49.3 Å². The number of hydrogen-bond acceptors (Lipinski definition) is 9. The molecule has 1 saturated heterocycles. The van der Waals surface area contributed by atoms with Gasteiger partial charge in [0.1, 0.15) is 18.3 Å². The first kappa shape index (κ1) is 19.9. The number of methoxy groups -OCH3 is 1. The van der Waals surface area contributed by atoms with Gasteiger partial charge in [-0.05, 0) is 12.1 Å². The minimum absolute atomic E-state index is 0.0370. The van der Waals surface area contributed by atoms with Crippen molar-refractivity contribution in [1.82, 2.24) is 0 Å². The number of benzene rings is 1. The second-order valence-corrected chi connectivity index (χ2v) is 5.48. The van der Waals surface area contributed by atoms with Crippen LogP contribution in [0.25, 0.3) is 0 Å². The lowest BCUT2D eigenvalue weighted by molar-refractivity contribution is -0.271. The van der Waals surface area contributed by atoms with Crippen molar-refractivity contribution < 1.29 is 54.4 Å². The summed E-state index contributed by atoms with van der Waals surface area (Å²) in [6, 6.07) is 2.18. The average Bonchev–Trinajstić information content (AvgIpc) is 2.61. The van der Waals surface area contributed by atoms with Crippen LogP contribution in [0.4, 0.5) is 0 Å². The Balaban J connectivity index is 2.39. The van der Waals surface area contributed by atoms with Crippen LogP contribution in [-0.2, 0) is 16.1 Å². The van der Waals surface area contributed by atoms with E-state index in [1.807, 2.05) is 0 Å². The van der Waals surface area contributed by atoms with Crippen molar-refractivity contribution >= 4 is 11.9 Å². The first-order valence-electron chi connectivity index (χ1n) is 7.35. The van der Waals surface area contributed by atoms with Crippen molar-refractivity contribution in [1.29, 1.82) is 0 Å². The first-order chi connectivity index (χ1) is 12.2. The fraction of sp³-hybridized carbons (Fsp3) is 0.467. The van der Waals surface area contributed by atoms with Crippen LogP contribution in [0.15, 0.2) is 12.1 Å². The minimum Gasteiger partial charge on any atom is -0.493 e. The Hall–Kier alpha value is -2.44. The Morgan fingerprint density at radius 3 is 2.27 bits per heavy atom. The molecular formula is C15H18O11. The van der Waals surface area contributed by atoms with E-state index in [0.717, 1.165) is 12.1 Å². The Bertz CT molecular complexity index is 663. The zero-order chi connectivity index (χ0) is 19.6. The zero-order valence-corrected chi connectivity index (χ0v) is 13.5. The number of ether oxygens (including phenoxy) is 3. The molecule has 6 N–H and O–H groups in total. The number of aliphatic hydroxyl groups excluding tert-OH is 4. The highest BCUT2D eigenvalue weighted by Crippen LogP contribution is 2.36. The van der Waals surface area contributed by atoms with Crippen LogP contribution < -0.4 is 9.47 Å². The number of rotatable bonds is 6. The van der Waals surface area contributed by atoms with E-state index in [9.17, 15) is 30.0 Å². The summed E-state index contributed by atoms with van der Waals surface area (Å²) in [7, 11) is 1.20. The molecule has 26 heavy (non-hydrogen) atoms. The van der Waals surface area contributed by atoms with Crippen LogP contribution in [0.2, 0.25) is 0 Å². The summed E-state index contributed by atoms with van der Waals surface area (Å²) < 4.78 is 15.4. The van der Waals surface area contributed by atoms with Crippen molar-refractivity contribution in [2.75, 3.05) is 7.11 Å². The van der Waals surface area contributed by atoms with Gasteiger partial charge in [-0.3, -0.25) is 0 Å². The molecule has 0 bridgehead atoms. The van der Waals surface area contributed by atoms with E-state index in [1.54, 1.807) is 0 Å². The SMILES string of the molecule is COc1cc(C(=O)O)cc(CO)c1O[C@@H]1O[C@H](C(=O)O)[C@@H](O)[C@H](O)[C@H]1O. The van der Waals surface area contributed by atoms with Gasteiger partial charge in [0.15, 0.2) is 17.6 Å². The molecule has 0 aromatic heterocycles. The van der Waals surface area contributed by atoms with Gasteiger partial charge in [-0.2, -0.15) is 0 Å². The molecule has 0 unspecified atom stereocenters. The van der Waals surface area contributed by atoms with Gasteiger partial charge in [0, 0.05) is 5.56 Å². The molecular weight excluding hydrogens is 356 g/mol. The lowest BCUT2D eigenvalue weighted by Gasteiger charge is -2.38. The van der Waals surface area contributed by atoms with E-state index in [0.29, 0.717) is 0 Å². The normalized spacial score (nSPS) is 28.4. The topological polar surface area (TPSA) is 183 Å². The lowest BCUT2D eigenvalue weighted by Crippen LogP contribution is -2.61. The number of carbonyl (C=O) groups is 2. The van der Waals surface area contributed by atoms with Gasteiger partial charge >= 0.3 is 11.9 Å². The number of aromatic carboxylic acids is 1. The van der Waals surface area contributed by atoms with Crippen LogP contribution in [0.3, 0.4) is 0 Å². The van der Waals surface area contributed by atoms with E-state index in [2.05, 4.69) is 0 Å². The molecule has 0 aliphatic carbocycles. The fourth-order valence-electron chi connectivity index (χ4n) is 2.45. The van der Waals surface area contributed by atoms with Crippen molar-refractivity contribution in [2.24, 2.45) is 0 Å². The summed E-state index contributed by atoms with van der Waals surface area (Å²) in [4.78, 5) is 22.2. The molecule has 1 heterocycles. The number of carboxylic acid groups (broad SMARTS) is 2. The lowest BCUT2D eigenvalue weighted by atomic mass is 9.99. The van der Waals surface area contributed by atoms with E-state index in [-0.39, 0.29) is 22.6 Å². The van der Waals surface area contributed by atoms with Crippen molar-refractivity contribution in [2.45, 2.75) is 37.3 Å². The van der Waals surface area contributed by atoms with Crippen molar-refractivity contribution in [3.05, 3.63) is 23.3 Å². The maximum Gasteiger partial charge on any atom is 0.335 e. The van der Waals surface area contributed by atoms with Crippen LogP contribution in [0, 0.1) is 0 Å². The largest absolute Gasteiger partial charge is 0.493 e. The molecule has 1 aliphatic heterocycles. The van der Waals surface area contributed by atoms with Gasteiger partial charge in [-0.25, -0.2) is 9.59 Å². The smallest absolute Gasteiger partial charge is 0.335 e. The summed E-state index contributed by atoms with van der Waals surface area (Å²) in [6.07, 6.45) is -9.20. The molecule has 5 atom stereocenters. The third-order valence-corrected chi connectivity index (χ3v) is 3.82.